The smallest absolute Gasteiger partial charge is 0.240 e. The summed E-state index contributed by atoms with van der Waals surface area (Å²) in [6, 6.07) is 7.52. The van der Waals surface area contributed by atoms with Crippen LogP contribution in [0.15, 0.2) is 39.9 Å². The number of hydrogen-bond donors (Lipinski definition) is 0. The van der Waals surface area contributed by atoms with Gasteiger partial charge < -0.3 is 0 Å². The van der Waals surface area contributed by atoms with Gasteiger partial charge in [-0.2, -0.15) is 4.99 Å². The van der Waals surface area contributed by atoms with Crippen molar-refractivity contribution in [2.45, 2.75) is 0 Å². The standard InChI is InChI=1S/C10H5BrN2O/c11-8-1-2-10-7(3-8)4-9(5-12-10)13-6-14/h1-5H. The Balaban J connectivity index is 2.69. The number of pyridine rings is 1. The molecule has 0 aliphatic rings. The first-order valence-electron chi connectivity index (χ1n) is 3.93. The summed E-state index contributed by atoms with van der Waals surface area (Å²) in [5, 5.41) is 0.941. The third-order valence-corrected chi connectivity index (χ3v) is 2.30. The molecule has 0 aliphatic carbocycles. The van der Waals surface area contributed by atoms with E-state index in [1.165, 1.54) is 6.08 Å². The van der Waals surface area contributed by atoms with Crippen LogP contribution in [0.5, 0.6) is 0 Å². The van der Waals surface area contributed by atoms with Crippen molar-refractivity contribution < 1.29 is 4.79 Å². The Bertz CT molecular complexity index is 533. The third kappa shape index (κ3) is 1.71. The van der Waals surface area contributed by atoms with Crippen LogP contribution in [0.1, 0.15) is 0 Å². The molecule has 0 fully saturated rings. The Labute approximate surface area is 88.6 Å². The van der Waals surface area contributed by atoms with Gasteiger partial charge in [0.05, 0.1) is 17.4 Å². The topological polar surface area (TPSA) is 42.3 Å². The second-order valence-electron chi connectivity index (χ2n) is 2.73. The minimum Gasteiger partial charge on any atom is -0.254 e. The Morgan fingerprint density at radius 2 is 2.21 bits per heavy atom. The maximum atomic E-state index is 10.0. The fourth-order valence-electron chi connectivity index (χ4n) is 1.20. The molecule has 68 valence electrons. The van der Waals surface area contributed by atoms with Gasteiger partial charge in [-0.1, -0.05) is 15.9 Å². The van der Waals surface area contributed by atoms with E-state index in [-0.39, 0.29) is 0 Å². The van der Waals surface area contributed by atoms with Crippen molar-refractivity contribution in [2.24, 2.45) is 4.99 Å². The van der Waals surface area contributed by atoms with E-state index in [9.17, 15) is 4.79 Å². The quantitative estimate of drug-likeness (QED) is 0.575. The van der Waals surface area contributed by atoms with Gasteiger partial charge in [0, 0.05) is 9.86 Å². The van der Waals surface area contributed by atoms with E-state index < -0.39 is 0 Å². The molecule has 14 heavy (non-hydrogen) atoms. The van der Waals surface area contributed by atoms with Crippen LogP contribution in [0, 0.1) is 0 Å². The van der Waals surface area contributed by atoms with Gasteiger partial charge in [0.15, 0.2) is 0 Å². The van der Waals surface area contributed by atoms with Gasteiger partial charge >= 0.3 is 0 Å². The Hall–Kier alpha value is -1.51. The van der Waals surface area contributed by atoms with Crippen molar-refractivity contribution in [1.82, 2.24) is 4.98 Å². The third-order valence-electron chi connectivity index (χ3n) is 1.80. The molecule has 0 bridgehead atoms. The average molecular weight is 249 g/mol. The highest BCUT2D eigenvalue weighted by atomic mass is 79.9. The largest absolute Gasteiger partial charge is 0.254 e. The zero-order valence-electron chi connectivity index (χ0n) is 7.07. The van der Waals surface area contributed by atoms with Crippen LogP contribution >= 0.6 is 15.9 Å². The van der Waals surface area contributed by atoms with Crippen molar-refractivity contribution in [1.29, 1.82) is 0 Å². The van der Waals surface area contributed by atoms with Crippen molar-refractivity contribution in [2.75, 3.05) is 0 Å². The van der Waals surface area contributed by atoms with E-state index in [1.54, 1.807) is 12.3 Å². The molecule has 0 aliphatic heterocycles. The molecule has 4 heteroatoms. The lowest BCUT2D eigenvalue weighted by molar-refractivity contribution is 0.565. The number of hydrogen-bond acceptors (Lipinski definition) is 3. The maximum Gasteiger partial charge on any atom is 0.240 e. The van der Waals surface area contributed by atoms with E-state index in [2.05, 4.69) is 25.9 Å². The van der Waals surface area contributed by atoms with Gasteiger partial charge in [0.2, 0.25) is 6.08 Å². The molecule has 0 atom stereocenters. The molecule has 3 nitrogen and oxygen atoms in total. The molecule has 1 aromatic heterocycles. The van der Waals surface area contributed by atoms with E-state index in [0.29, 0.717) is 5.69 Å². The lowest BCUT2D eigenvalue weighted by atomic mass is 10.2. The highest BCUT2D eigenvalue weighted by molar-refractivity contribution is 9.10. The first-order chi connectivity index (χ1) is 6.79. The maximum absolute atomic E-state index is 10.0. The summed E-state index contributed by atoms with van der Waals surface area (Å²) in [7, 11) is 0. The van der Waals surface area contributed by atoms with Gasteiger partial charge in [-0.3, -0.25) is 4.98 Å². The van der Waals surface area contributed by atoms with Crippen LogP contribution in [-0.4, -0.2) is 11.1 Å². The molecule has 0 unspecified atom stereocenters. The van der Waals surface area contributed by atoms with Crippen LogP contribution in [-0.2, 0) is 4.79 Å². The molecule has 0 amide bonds. The monoisotopic (exact) mass is 248 g/mol. The SMILES string of the molecule is O=C=Nc1cnc2ccc(Br)cc2c1. The molecule has 1 aromatic carbocycles. The van der Waals surface area contributed by atoms with Crippen molar-refractivity contribution in [3.63, 3.8) is 0 Å². The highest BCUT2D eigenvalue weighted by Crippen LogP contribution is 2.21. The van der Waals surface area contributed by atoms with Gasteiger partial charge in [-0.05, 0) is 24.3 Å². The number of benzene rings is 1. The molecule has 2 aromatic rings. The highest BCUT2D eigenvalue weighted by Gasteiger charge is 1.97. The summed E-state index contributed by atoms with van der Waals surface area (Å²) in [6.45, 7) is 0. The van der Waals surface area contributed by atoms with Gasteiger partial charge in [0.1, 0.15) is 0 Å². The molecule has 0 spiro atoms. The summed E-state index contributed by atoms with van der Waals surface area (Å²) in [6.07, 6.45) is 3.03. The molecule has 2 rings (SSSR count). The Morgan fingerprint density at radius 1 is 1.36 bits per heavy atom. The van der Waals surface area contributed by atoms with Crippen molar-refractivity contribution in [3.05, 3.63) is 34.9 Å². The first kappa shape index (κ1) is 9.06. The number of fused-ring (bicyclic) bond motifs is 1. The molecule has 0 N–H and O–H groups in total. The van der Waals surface area contributed by atoms with Gasteiger partial charge in [0.25, 0.3) is 0 Å². The molecule has 0 saturated carbocycles. The fourth-order valence-corrected chi connectivity index (χ4v) is 1.58. The van der Waals surface area contributed by atoms with Crippen molar-refractivity contribution in [3.8, 4) is 0 Å². The molecular weight excluding hydrogens is 244 g/mol. The number of nitrogens with zero attached hydrogens (tertiary/aromatic N) is 2. The second-order valence-corrected chi connectivity index (χ2v) is 3.65. The average Bonchev–Trinajstić information content (AvgIpc) is 2.17. The molecule has 0 saturated heterocycles. The summed E-state index contributed by atoms with van der Waals surface area (Å²) in [5.41, 5.74) is 1.39. The number of aromatic nitrogens is 1. The van der Waals surface area contributed by atoms with E-state index in [4.69, 9.17) is 0 Å². The predicted molar refractivity (Wildman–Crippen MR) is 57.2 cm³/mol. The number of rotatable bonds is 1. The van der Waals surface area contributed by atoms with Gasteiger partial charge in [-0.15, -0.1) is 0 Å². The summed E-state index contributed by atoms with van der Waals surface area (Å²) < 4.78 is 0.971. The fraction of sp³-hybridized carbons (Fsp3) is 0. The lowest BCUT2D eigenvalue weighted by Crippen LogP contribution is -1.77. The lowest BCUT2D eigenvalue weighted by Gasteiger charge is -1.97. The van der Waals surface area contributed by atoms with E-state index in [0.717, 1.165) is 15.4 Å². The van der Waals surface area contributed by atoms with E-state index in [1.807, 2.05) is 18.2 Å². The van der Waals surface area contributed by atoms with Crippen molar-refractivity contribution >= 4 is 38.6 Å². The van der Waals surface area contributed by atoms with E-state index >= 15 is 0 Å². The molecular formula is C10H5BrN2O. The summed E-state index contributed by atoms with van der Waals surface area (Å²) >= 11 is 3.36. The number of halogens is 1. The van der Waals surface area contributed by atoms with Crippen LogP contribution in [0.25, 0.3) is 10.9 Å². The van der Waals surface area contributed by atoms with Crippen LogP contribution in [0.2, 0.25) is 0 Å². The first-order valence-corrected chi connectivity index (χ1v) is 4.72. The Morgan fingerprint density at radius 3 is 3.00 bits per heavy atom. The number of isocyanates is 1. The number of aliphatic imine (C=N–C) groups is 1. The molecule has 0 radical (unpaired) electrons. The zero-order valence-corrected chi connectivity index (χ0v) is 8.65. The van der Waals surface area contributed by atoms with Crippen LogP contribution < -0.4 is 0 Å². The van der Waals surface area contributed by atoms with Crippen LogP contribution in [0.4, 0.5) is 5.69 Å². The predicted octanol–water partition coefficient (Wildman–Crippen LogP) is 2.96. The minimum atomic E-state index is 0.519. The zero-order chi connectivity index (χ0) is 9.97. The minimum absolute atomic E-state index is 0.519. The second kappa shape index (κ2) is 3.70. The molecule has 1 heterocycles. The summed E-state index contributed by atoms with van der Waals surface area (Å²) in [4.78, 5) is 17.7. The Kier molecular flexibility index (Phi) is 2.39. The van der Waals surface area contributed by atoms with Gasteiger partial charge in [-0.25, -0.2) is 4.79 Å². The summed E-state index contributed by atoms with van der Waals surface area (Å²) in [5.74, 6) is 0. The van der Waals surface area contributed by atoms with Crippen LogP contribution in [0.3, 0.4) is 0 Å². The normalized spacial score (nSPS) is 9.79. The number of carbonyl (C=O) groups excluding carboxylic acids is 1.